The van der Waals surface area contributed by atoms with Crippen LogP contribution in [0.2, 0.25) is 0 Å². The topological polar surface area (TPSA) is 34.1 Å². The number of hydrogen-bond acceptors (Lipinski definition) is 2. The lowest BCUT2D eigenvalue weighted by Gasteiger charge is -1.86. The molecule has 0 spiro atoms. The van der Waals surface area contributed by atoms with Gasteiger partial charge >= 0.3 is 0 Å². The van der Waals surface area contributed by atoms with Gasteiger partial charge in [-0.25, -0.2) is 0 Å². The zero-order valence-corrected chi connectivity index (χ0v) is 9.35. The maximum absolute atomic E-state index is 10.2. The average Bonchev–Trinajstić information content (AvgIpc) is 2.01. The summed E-state index contributed by atoms with van der Waals surface area (Å²) in [6, 6.07) is 0. The van der Waals surface area contributed by atoms with E-state index in [0.717, 1.165) is 32.1 Å². The van der Waals surface area contributed by atoms with Crippen LogP contribution in [0.1, 0.15) is 59.8 Å². The third-order valence-corrected chi connectivity index (χ3v) is 1.48. The molecule has 0 aliphatic carbocycles. The van der Waals surface area contributed by atoms with Gasteiger partial charge in [0.05, 0.1) is 0 Å². The molecule has 13 heavy (non-hydrogen) atoms. The normalized spacial score (nSPS) is 8.62. The summed E-state index contributed by atoms with van der Waals surface area (Å²) in [5.41, 5.74) is 0. The van der Waals surface area contributed by atoms with Crippen LogP contribution in [0.25, 0.3) is 0 Å². The summed E-state index contributed by atoms with van der Waals surface area (Å²) in [4.78, 5) is 20.2. The fraction of sp³-hybridized carbons (Fsp3) is 0.818. The standard InChI is InChI=1S/C6H12O.C5H10O/c1-3-4-5-6(2)7;1-3-4-5(2)6/h3-5H2,1-2H3;3-4H2,1-2H3. The van der Waals surface area contributed by atoms with Gasteiger partial charge in [0.1, 0.15) is 11.6 Å². The van der Waals surface area contributed by atoms with E-state index in [1.54, 1.807) is 13.8 Å². The van der Waals surface area contributed by atoms with E-state index in [4.69, 9.17) is 0 Å². The van der Waals surface area contributed by atoms with Crippen molar-refractivity contribution < 1.29 is 9.59 Å². The molecule has 0 saturated heterocycles. The molecule has 0 aliphatic rings. The maximum Gasteiger partial charge on any atom is 0.129 e. The van der Waals surface area contributed by atoms with Crippen molar-refractivity contribution >= 4 is 11.6 Å². The first-order chi connectivity index (χ1) is 6.04. The van der Waals surface area contributed by atoms with E-state index in [1.165, 1.54) is 0 Å². The molecule has 0 aliphatic heterocycles. The number of unbranched alkanes of at least 4 members (excludes halogenated alkanes) is 1. The van der Waals surface area contributed by atoms with Crippen molar-refractivity contribution in [2.45, 2.75) is 59.8 Å². The molecule has 0 bridgehead atoms. The molecule has 0 aromatic carbocycles. The van der Waals surface area contributed by atoms with Crippen molar-refractivity contribution in [3.63, 3.8) is 0 Å². The second-order valence-electron chi connectivity index (χ2n) is 3.26. The molecule has 0 aromatic rings. The minimum absolute atomic E-state index is 0.289. The smallest absolute Gasteiger partial charge is 0.129 e. The Morgan fingerprint density at radius 1 is 0.846 bits per heavy atom. The van der Waals surface area contributed by atoms with Crippen LogP contribution in [-0.2, 0) is 9.59 Å². The number of rotatable bonds is 5. The highest BCUT2D eigenvalue weighted by atomic mass is 16.1. The molecule has 0 unspecified atom stereocenters. The summed E-state index contributed by atoms with van der Waals surface area (Å²) in [6.07, 6.45) is 4.65. The van der Waals surface area contributed by atoms with E-state index in [9.17, 15) is 9.59 Å². The largest absolute Gasteiger partial charge is 0.300 e. The molecule has 0 radical (unpaired) electrons. The van der Waals surface area contributed by atoms with Gasteiger partial charge in [-0.2, -0.15) is 0 Å². The first kappa shape index (κ1) is 14.8. The second-order valence-corrected chi connectivity index (χ2v) is 3.26. The summed E-state index contributed by atoms with van der Waals surface area (Å²) in [5.74, 6) is 0.597. The SMILES string of the molecule is CCCC(C)=O.CCCCC(C)=O. The van der Waals surface area contributed by atoms with Gasteiger partial charge in [0, 0.05) is 12.8 Å². The van der Waals surface area contributed by atoms with Crippen LogP contribution in [0.4, 0.5) is 0 Å². The Morgan fingerprint density at radius 3 is 1.38 bits per heavy atom. The van der Waals surface area contributed by atoms with Crippen LogP contribution in [0.15, 0.2) is 0 Å². The summed E-state index contributed by atoms with van der Waals surface area (Å²) in [7, 11) is 0. The lowest BCUT2D eigenvalue weighted by Crippen LogP contribution is -1.86. The van der Waals surface area contributed by atoms with Gasteiger partial charge in [-0.3, -0.25) is 0 Å². The Morgan fingerprint density at radius 2 is 1.31 bits per heavy atom. The van der Waals surface area contributed by atoms with Crippen molar-refractivity contribution in [2.24, 2.45) is 0 Å². The highest BCUT2D eigenvalue weighted by Gasteiger charge is 1.87. The number of ketones is 2. The van der Waals surface area contributed by atoms with Crippen LogP contribution in [-0.4, -0.2) is 11.6 Å². The zero-order valence-electron chi connectivity index (χ0n) is 9.35. The van der Waals surface area contributed by atoms with Crippen molar-refractivity contribution in [3.8, 4) is 0 Å². The van der Waals surface area contributed by atoms with Gasteiger partial charge in [-0.15, -0.1) is 0 Å². The molecule has 2 heteroatoms. The lowest BCUT2D eigenvalue weighted by atomic mass is 10.2. The molecular weight excluding hydrogens is 164 g/mol. The maximum atomic E-state index is 10.2. The van der Waals surface area contributed by atoms with E-state index in [0.29, 0.717) is 5.78 Å². The van der Waals surface area contributed by atoms with Gasteiger partial charge in [0.2, 0.25) is 0 Å². The fourth-order valence-electron chi connectivity index (χ4n) is 0.778. The van der Waals surface area contributed by atoms with Gasteiger partial charge in [0.15, 0.2) is 0 Å². The summed E-state index contributed by atoms with van der Waals surface area (Å²) < 4.78 is 0. The van der Waals surface area contributed by atoms with Crippen molar-refractivity contribution in [3.05, 3.63) is 0 Å². The minimum atomic E-state index is 0.289. The zero-order chi connectivity index (χ0) is 10.7. The Bertz CT molecular complexity index is 139. The van der Waals surface area contributed by atoms with E-state index in [-0.39, 0.29) is 5.78 Å². The fourth-order valence-corrected chi connectivity index (χ4v) is 0.778. The minimum Gasteiger partial charge on any atom is -0.300 e. The van der Waals surface area contributed by atoms with E-state index >= 15 is 0 Å². The van der Waals surface area contributed by atoms with Crippen LogP contribution in [0, 0.1) is 0 Å². The average molecular weight is 186 g/mol. The van der Waals surface area contributed by atoms with Gasteiger partial charge in [-0.1, -0.05) is 20.3 Å². The molecule has 0 rings (SSSR count). The van der Waals surface area contributed by atoms with Crippen LogP contribution < -0.4 is 0 Å². The number of hydrogen-bond donors (Lipinski definition) is 0. The molecular formula is C11H22O2. The summed E-state index contributed by atoms with van der Waals surface area (Å²) in [6.45, 7) is 7.34. The highest BCUT2D eigenvalue weighted by molar-refractivity contribution is 5.75. The third kappa shape index (κ3) is 24.6. The molecule has 78 valence electrons. The Hall–Kier alpha value is -0.660. The Labute approximate surface area is 81.7 Å². The molecule has 0 N–H and O–H groups in total. The lowest BCUT2D eigenvalue weighted by molar-refractivity contribution is -0.117. The summed E-state index contributed by atoms with van der Waals surface area (Å²) >= 11 is 0. The molecule has 0 amide bonds. The van der Waals surface area contributed by atoms with E-state index in [2.05, 4.69) is 6.92 Å². The predicted octanol–water partition coefficient (Wildman–Crippen LogP) is 3.14. The first-order valence-corrected chi connectivity index (χ1v) is 5.03. The van der Waals surface area contributed by atoms with Gasteiger partial charge in [0.25, 0.3) is 0 Å². The van der Waals surface area contributed by atoms with Crippen LogP contribution in [0.5, 0.6) is 0 Å². The number of Topliss-reactive ketones (excluding diaryl/α,β-unsaturated/α-hetero) is 2. The summed E-state index contributed by atoms with van der Waals surface area (Å²) in [5, 5.41) is 0. The van der Waals surface area contributed by atoms with Gasteiger partial charge in [-0.05, 0) is 26.7 Å². The van der Waals surface area contributed by atoms with Gasteiger partial charge < -0.3 is 9.59 Å². The molecule has 0 atom stereocenters. The quantitative estimate of drug-likeness (QED) is 0.661. The number of carbonyl (C=O) groups is 2. The molecule has 0 fully saturated rings. The molecule has 0 aromatic heterocycles. The monoisotopic (exact) mass is 186 g/mol. The first-order valence-electron chi connectivity index (χ1n) is 5.03. The predicted molar refractivity (Wildman–Crippen MR) is 55.8 cm³/mol. The molecule has 0 heterocycles. The van der Waals surface area contributed by atoms with Crippen molar-refractivity contribution in [2.75, 3.05) is 0 Å². The molecule has 2 nitrogen and oxygen atoms in total. The Kier molecular flexibility index (Phi) is 12.9. The van der Waals surface area contributed by atoms with Crippen molar-refractivity contribution in [1.29, 1.82) is 0 Å². The van der Waals surface area contributed by atoms with Crippen molar-refractivity contribution in [1.82, 2.24) is 0 Å². The highest BCUT2D eigenvalue weighted by Crippen LogP contribution is 1.92. The number of carbonyl (C=O) groups excluding carboxylic acids is 2. The third-order valence-electron chi connectivity index (χ3n) is 1.48. The van der Waals surface area contributed by atoms with E-state index < -0.39 is 0 Å². The Balaban J connectivity index is 0. The second kappa shape index (κ2) is 11.3. The van der Waals surface area contributed by atoms with Crippen LogP contribution >= 0.6 is 0 Å². The molecule has 0 saturated carbocycles. The van der Waals surface area contributed by atoms with E-state index in [1.807, 2.05) is 6.92 Å². The van der Waals surface area contributed by atoms with Crippen LogP contribution in [0.3, 0.4) is 0 Å².